The van der Waals surface area contributed by atoms with Crippen LogP contribution in [0.4, 0.5) is 13.2 Å². The van der Waals surface area contributed by atoms with Crippen molar-refractivity contribution in [3.63, 3.8) is 0 Å². The number of hydrogen-bond donors (Lipinski definition) is 2. The molecule has 192 valence electrons. The Morgan fingerprint density at radius 3 is 2.42 bits per heavy atom. The minimum atomic E-state index is -4.79. The lowest BCUT2D eigenvalue weighted by molar-refractivity contribution is -0.274. The summed E-state index contributed by atoms with van der Waals surface area (Å²) in [4.78, 5) is 30.0. The van der Waals surface area contributed by atoms with E-state index in [1.165, 1.54) is 18.2 Å². The summed E-state index contributed by atoms with van der Waals surface area (Å²) in [6.45, 7) is 2.18. The van der Waals surface area contributed by atoms with Crippen molar-refractivity contribution in [1.29, 1.82) is 5.41 Å². The fourth-order valence-corrected chi connectivity index (χ4v) is 5.75. The highest BCUT2D eigenvalue weighted by Gasteiger charge is 2.45. The van der Waals surface area contributed by atoms with Gasteiger partial charge in [-0.15, -0.1) is 13.2 Å². The van der Waals surface area contributed by atoms with Crippen molar-refractivity contribution in [2.24, 2.45) is 35.7 Å². The number of nitrogens with two attached hydrogens (primary N) is 1. The molecule has 1 aromatic carbocycles. The number of likely N-dealkylation sites (tertiary alicyclic amines) is 2. The minimum Gasteiger partial charge on any atom is -0.406 e. The van der Waals surface area contributed by atoms with Crippen LogP contribution >= 0.6 is 0 Å². The number of nitrogens with zero attached hydrogens (tertiary/aromatic N) is 4. The zero-order chi connectivity index (χ0) is 25.8. The molecule has 1 aromatic heterocycles. The van der Waals surface area contributed by atoms with E-state index in [1.54, 1.807) is 22.6 Å². The van der Waals surface area contributed by atoms with Gasteiger partial charge in [0.05, 0.1) is 11.4 Å². The van der Waals surface area contributed by atoms with E-state index in [9.17, 15) is 22.8 Å². The molecule has 0 unspecified atom stereocenters. The molecule has 9 nitrogen and oxygen atoms in total. The van der Waals surface area contributed by atoms with Crippen LogP contribution in [-0.2, 0) is 11.8 Å². The molecule has 0 spiro atoms. The maximum atomic E-state index is 13.3. The standard InChI is InChI=1S/C24H27F3N6O3/c1-31-20-5-3-17(36-24(25,26)27)6-14(20)8-21(31)23(35)33-11-15-9-32(10-16(15)12-33)22(34)13-2-4-18(28)19(7-13)30-29/h3,5-6,8,13,15-16,28H,2,4,7,9-12,29H2,1H3/t13-,15+,16+/m1/s1. The number of rotatable bonds is 3. The first-order valence-corrected chi connectivity index (χ1v) is 11.8. The molecular formula is C24H27F3N6O3. The lowest BCUT2D eigenvalue weighted by Crippen LogP contribution is -2.41. The fraction of sp³-hybridized carbons (Fsp3) is 0.500. The number of alkyl halides is 3. The van der Waals surface area contributed by atoms with Crippen molar-refractivity contribution < 1.29 is 27.5 Å². The molecule has 3 atom stereocenters. The largest absolute Gasteiger partial charge is 0.573 e. The number of benzene rings is 1. The van der Waals surface area contributed by atoms with Gasteiger partial charge in [-0.2, -0.15) is 5.10 Å². The summed E-state index contributed by atoms with van der Waals surface area (Å²) < 4.78 is 43.4. The van der Waals surface area contributed by atoms with Gasteiger partial charge in [0.15, 0.2) is 0 Å². The third kappa shape index (κ3) is 4.40. The maximum Gasteiger partial charge on any atom is 0.573 e. The van der Waals surface area contributed by atoms with Crippen molar-refractivity contribution in [3.05, 3.63) is 30.0 Å². The average molecular weight is 505 g/mol. The van der Waals surface area contributed by atoms with Gasteiger partial charge in [0.25, 0.3) is 5.91 Å². The Labute approximate surface area is 205 Å². The Hall–Kier alpha value is -3.57. The first kappa shape index (κ1) is 24.1. The van der Waals surface area contributed by atoms with Crippen LogP contribution in [0.15, 0.2) is 29.4 Å². The van der Waals surface area contributed by atoms with Crippen LogP contribution in [0.1, 0.15) is 29.8 Å². The van der Waals surface area contributed by atoms with Crippen LogP contribution in [0.25, 0.3) is 10.9 Å². The van der Waals surface area contributed by atoms with E-state index in [0.29, 0.717) is 73.5 Å². The van der Waals surface area contributed by atoms with Gasteiger partial charge < -0.3 is 30.4 Å². The Morgan fingerprint density at radius 2 is 1.78 bits per heavy atom. The molecule has 2 aliphatic heterocycles. The number of carbonyl (C=O) groups is 2. The molecule has 36 heavy (non-hydrogen) atoms. The van der Waals surface area contributed by atoms with Crippen molar-refractivity contribution in [2.45, 2.75) is 25.6 Å². The van der Waals surface area contributed by atoms with Gasteiger partial charge in [-0.25, -0.2) is 0 Å². The van der Waals surface area contributed by atoms with Crippen LogP contribution in [0, 0.1) is 23.2 Å². The fourth-order valence-electron chi connectivity index (χ4n) is 5.75. The van der Waals surface area contributed by atoms with E-state index in [-0.39, 0.29) is 35.3 Å². The lowest BCUT2D eigenvalue weighted by atomic mass is 9.85. The highest BCUT2D eigenvalue weighted by atomic mass is 19.4. The summed E-state index contributed by atoms with van der Waals surface area (Å²) in [6.07, 6.45) is -3.29. The predicted molar refractivity (Wildman–Crippen MR) is 126 cm³/mol. The lowest BCUT2D eigenvalue weighted by Gasteiger charge is -2.28. The summed E-state index contributed by atoms with van der Waals surface area (Å²) in [5.74, 6) is 5.03. The van der Waals surface area contributed by atoms with E-state index in [2.05, 4.69) is 9.84 Å². The monoisotopic (exact) mass is 504 g/mol. The molecule has 3 fully saturated rings. The summed E-state index contributed by atoms with van der Waals surface area (Å²) >= 11 is 0. The molecule has 3 aliphatic rings. The molecule has 1 aliphatic carbocycles. The van der Waals surface area contributed by atoms with Gasteiger partial charge in [0, 0.05) is 68.3 Å². The van der Waals surface area contributed by atoms with E-state index in [1.807, 2.05) is 4.90 Å². The molecule has 3 heterocycles. The van der Waals surface area contributed by atoms with Gasteiger partial charge in [-0.1, -0.05) is 0 Å². The Morgan fingerprint density at radius 1 is 1.11 bits per heavy atom. The topological polar surface area (TPSA) is 117 Å². The summed E-state index contributed by atoms with van der Waals surface area (Å²) in [5.41, 5.74) is 1.90. The molecule has 1 saturated carbocycles. The molecular weight excluding hydrogens is 477 g/mol. The zero-order valence-electron chi connectivity index (χ0n) is 19.7. The van der Waals surface area contributed by atoms with Gasteiger partial charge >= 0.3 is 6.36 Å². The van der Waals surface area contributed by atoms with E-state index < -0.39 is 6.36 Å². The highest BCUT2D eigenvalue weighted by molar-refractivity contribution is 6.42. The second-order valence-electron chi connectivity index (χ2n) is 9.82. The van der Waals surface area contributed by atoms with Crippen LogP contribution in [0.3, 0.4) is 0 Å². The van der Waals surface area contributed by atoms with Crippen LogP contribution in [0.5, 0.6) is 5.75 Å². The van der Waals surface area contributed by atoms with Crippen LogP contribution in [-0.4, -0.2) is 70.1 Å². The number of hydrazone groups is 1. The van der Waals surface area contributed by atoms with Crippen molar-refractivity contribution in [1.82, 2.24) is 14.4 Å². The van der Waals surface area contributed by atoms with Gasteiger partial charge in [0.1, 0.15) is 11.4 Å². The third-order valence-corrected chi connectivity index (χ3v) is 7.59. The highest BCUT2D eigenvalue weighted by Crippen LogP contribution is 2.35. The summed E-state index contributed by atoms with van der Waals surface area (Å²) in [5, 5.41) is 12.0. The Balaban J connectivity index is 1.24. The number of halogens is 3. The van der Waals surface area contributed by atoms with E-state index in [4.69, 9.17) is 11.3 Å². The van der Waals surface area contributed by atoms with Gasteiger partial charge in [0.2, 0.25) is 5.91 Å². The molecule has 3 N–H and O–H groups in total. The van der Waals surface area contributed by atoms with Crippen molar-refractivity contribution in [2.75, 3.05) is 26.2 Å². The third-order valence-electron chi connectivity index (χ3n) is 7.59. The first-order valence-electron chi connectivity index (χ1n) is 11.8. The molecule has 5 rings (SSSR count). The number of fused-ring (bicyclic) bond motifs is 2. The zero-order valence-corrected chi connectivity index (χ0v) is 19.7. The second-order valence-corrected chi connectivity index (χ2v) is 9.82. The number of carbonyl (C=O) groups excluding carboxylic acids is 2. The SMILES string of the molecule is Cn1c(C(=O)N2C[C@@H]3CN(C(=O)[C@@H]4CCC(=N)C(=NN)C4)C[C@H]3C2)cc2cc(OC(F)(F)F)ccc21. The molecule has 0 radical (unpaired) electrons. The maximum absolute atomic E-state index is 13.3. The normalized spacial score (nSPS) is 25.6. The smallest absolute Gasteiger partial charge is 0.406 e. The number of aromatic nitrogens is 1. The number of nitrogens with one attached hydrogen (secondary N) is 1. The summed E-state index contributed by atoms with van der Waals surface area (Å²) in [7, 11) is 1.71. The quantitative estimate of drug-likeness (QED) is 0.494. The van der Waals surface area contributed by atoms with E-state index >= 15 is 0 Å². The number of ether oxygens (including phenoxy) is 1. The molecule has 2 aromatic rings. The predicted octanol–water partition coefficient (Wildman–Crippen LogP) is 2.74. The first-order chi connectivity index (χ1) is 17.0. The molecule has 2 saturated heterocycles. The van der Waals surface area contributed by atoms with Gasteiger partial charge in [-0.05, 0) is 37.1 Å². The van der Waals surface area contributed by atoms with Crippen molar-refractivity contribution >= 4 is 34.1 Å². The van der Waals surface area contributed by atoms with E-state index in [0.717, 1.165) is 0 Å². The molecule has 12 heteroatoms. The van der Waals surface area contributed by atoms with Crippen molar-refractivity contribution in [3.8, 4) is 5.75 Å². The average Bonchev–Trinajstić information content (AvgIpc) is 3.49. The Kier molecular flexibility index (Phi) is 5.92. The number of hydrogen-bond acceptors (Lipinski definition) is 6. The molecule has 2 amide bonds. The second kappa shape index (κ2) is 8.82. The summed E-state index contributed by atoms with van der Waals surface area (Å²) in [6, 6.07) is 5.59. The van der Waals surface area contributed by atoms with Crippen LogP contribution < -0.4 is 10.6 Å². The molecule has 0 bridgehead atoms. The Bertz CT molecular complexity index is 1260. The number of amides is 2. The minimum absolute atomic E-state index is 0.0569. The number of aryl methyl sites for hydroxylation is 1. The van der Waals surface area contributed by atoms with Crippen LogP contribution in [0.2, 0.25) is 0 Å². The van der Waals surface area contributed by atoms with Gasteiger partial charge in [-0.3, -0.25) is 9.59 Å².